The molecule has 37 heavy (non-hydrogen) atoms. The van der Waals surface area contributed by atoms with Crippen LogP contribution in [0.25, 0.3) is 65.3 Å². The molecular formula is C36H28O. The maximum absolute atomic E-state index is 5.42. The van der Waals surface area contributed by atoms with Crippen LogP contribution in [0.5, 0.6) is 5.75 Å². The molecule has 0 heterocycles. The van der Waals surface area contributed by atoms with Crippen molar-refractivity contribution in [1.29, 1.82) is 0 Å². The second-order valence-corrected chi connectivity index (χ2v) is 10.3. The number of benzene rings is 7. The van der Waals surface area contributed by atoms with Crippen LogP contribution in [0.15, 0.2) is 97.1 Å². The molecular weight excluding hydrogens is 448 g/mol. The van der Waals surface area contributed by atoms with E-state index < -0.39 is 0 Å². The largest absolute Gasteiger partial charge is 0.497 e. The van der Waals surface area contributed by atoms with Crippen molar-refractivity contribution < 1.29 is 4.74 Å². The Hall–Kier alpha value is -4.36. The number of methoxy groups -OCH3 is 1. The molecule has 0 fully saturated rings. The lowest BCUT2D eigenvalue weighted by Gasteiger charge is -2.19. The predicted octanol–water partition coefficient (Wildman–Crippen LogP) is 10.0. The molecule has 0 amide bonds. The minimum absolute atomic E-state index is 0.876. The second-order valence-electron chi connectivity index (χ2n) is 10.3. The molecule has 0 bridgehead atoms. The van der Waals surface area contributed by atoms with E-state index in [1.54, 1.807) is 7.11 Å². The summed E-state index contributed by atoms with van der Waals surface area (Å²) < 4.78 is 5.42. The predicted molar refractivity (Wildman–Crippen MR) is 159 cm³/mol. The van der Waals surface area contributed by atoms with Crippen molar-refractivity contribution in [1.82, 2.24) is 0 Å². The van der Waals surface area contributed by atoms with Gasteiger partial charge in [-0.2, -0.15) is 0 Å². The zero-order chi connectivity index (χ0) is 25.3. The normalized spacial score (nSPS) is 11.8. The molecule has 0 N–H and O–H groups in total. The Morgan fingerprint density at radius 2 is 0.838 bits per heavy atom. The zero-order valence-corrected chi connectivity index (χ0v) is 21.6. The highest BCUT2D eigenvalue weighted by Crippen LogP contribution is 2.45. The Bertz CT molecular complexity index is 1960. The topological polar surface area (TPSA) is 9.23 Å². The number of ether oxygens (including phenoxy) is 1. The van der Waals surface area contributed by atoms with E-state index in [4.69, 9.17) is 4.74 Å². The van der Waals surface area contributed by atoms with Crippen LogP contribution in [-0.2, 0) is 0 Å². The molecule has 0 aliphatic heterocycles. The lowest BCUT2D eigenvalue weighted by atomic mass is 9.84. The van der Waals surface area contributed by atoms with Crippen LogP contribution in [0.4, 0.5) is 0 Å². The number of hydrogen-bond donors (Lipinski definition) is 0. The van der Waals surface area contributed by atoms with Crippen LogP contribution < -0.4 is 4.74 Å². The van der Waals surface area contributed by atoms with Crippen molar-refractivity contribution in [2.45, 2.75) is 20.8 Å². The first kappa shape index (κ1) is 21.9. The third kappa shape index (κ3) is 3.31. The van der Waals surface area contributed by atoms with Gasteiger partial charge < -0.3 is 4.74 Å². The molecule has 178 valence electrons. The molecule has 1 heteroatoms. The van der Waals surface area contributed by atoms with Gasteiger partial charge in [0.2, 0.25) is 0 Å². The van der Waals surface area contributed by atoms with E-state index in [1.807, 2.05) is 12.1 Å². The lowest BCUT2D eigenvalue weighted by molar-refractivity contribution is 0.415. The number of rotatable bonds is 3. The second kappa shape index (κ2) is 8.08. The summed E-state index contributed by atoms with van der Waals surface area (Å²) in [5.41, 5.74) is 8.85. The number of fused-ring (bicyclic) bond motifs is 2. The first-order valence-electron chi connectivity index (χ1n) is 12.9. The summed E-state index contributed by atoms with van der Waals surface area (Å²) in [4.78, 5) is 0. The summed E-state index contributed by atoms with van der Waals surface area (Å²) in [6.45, 7) is 6.60. The minimum atomic E-state index is 0.876. The van der Waals surface area contributed by atoms with E-state index in [-0.39, 0.29) is 0 Å². The van der Waals surface area contributed by atoms with Crippen molar-refractivity contribution in [3.05, 3.63) is 114 Å². The molecule has 0 aromatic heterocycles. The van der Waals surface area contributed by atoms with Gasteiger partial charge in [0.05, 0.1) is 7.11 Å². The smallest absolute Gasteiger partial charge is 0.118 e. The SMILES string of the molecule is COc1ccc(-c2cc3c(C)ccc4c5ccc(C)c6cc(-c7ccc(C)cc7)cc(c(c2)c34)c65)cc1. The average Bonchev–Trinajstić information content (AvgIpc) is 2.93. The van der Waals surface area contributed by atoms with Crippen LogP contribution >= 0.6 is 0 Å². The first-order chi connectivity index (χ1) is 18.0. The molecule has 0 aliphatic carbocycles. The van der Waals surface area contributed by atoms with Gasteiger partial charge >= 0.3 is 0 Å². The van der Waals surface area contributed by atoms with Gasteiger partial charge in [0, 0.05) is 0 Å². The van der Waals surface area contributed by atoms with Gasteiger partial charge in [-0.05, 0) is 134 Å². The highest BCUT2D eigenvalue weighted by atomic mass is 16.5. The maximum atomic E-state index is 5.42. The Morgan fingerprint density at radius 1 is 0.405 bits per heavy atom. The van der Waals surface area contributed by atoms with Crippen molar-refractivity contribution in [2.75, 3.05) is 7.11 Å². The Kier molecular flexibility index (Phi) is 4.78. The van der Waals surface area contributed by atoms with E-state index in [9.17, 15) is 0 Å². The van der Waals surface area contributed by atoms with Crippen LogP contribution in [0.2, 0.25) is 0 Å². The molecule has 0 atom stereocenters. The summed E-state index contributed by atoms with van der Waals surface area (Å²) in [5.74, 6) is 0.876. The Balaban J connectivity index is 1.66. The summed E-state index contributed by atoms with van der Waals surface area (Å²) >= 11 is 0. The summed E-state index contributed by atoms with van der Waals surface area (Å²) in [7, 11) is 1.71. The monoisotopic (exact) mass is 476 g/mol. The van der Waals surface area contributed by atoms with Crippen molar-refractivity contribution in [2.24, 2.45) is 0 Å². The van der Waals surface area contributed by atoms with Gasteiger partial charge in [-0.3, -0.25) is 0 Å². The van der Waals surface area contributed by atoms with Gasteiger partial charge in [0.15, 0.2) is 0 Å². The standard InChI is InChI=1S/C36H28O/c1-21-5-9-24(10-6-21)26-17-31-22(2)7-15-29-30-16-8-23(3)32-18-27(25-11-13-28(37-4)14-12-25)20-34(36(30)32)33(19-26)35(29)31/h5-20H,1-4H3. The van der Waals surface area contributed by atoms with E-state index >= 15 is 0 Å². The molecule has 0 spiro atoms. The van der Waals surface area contributed by atoms with Crippen LogP contribution in [0.3, 0.4) is 0 Å². The molecule has 0 saturated heterocycles. The maximum Gasteiger partial charge on any atom is 0.118 e. The highest BCUT2D eigenvalue weighted by Gasteiger charge is 2.17. The molecule has 7 aromatic rings. The first-order valence-corrected chi connectivity index (χ1v) is 12.9. The van der Waals surface area contributed by atoms with E-state index in [0.29, 0.717) is 0 Å². The van der Waals surface area contributed by atoms with E-state index in [1.165, 1.54) is 82.0 Å². The van der Waals surface area contributed by atoms with Crippen molar-refractivity contribution in [3.63, 3.8) is 0 Å². The van der Waals surface area contributed by atoms with Gasteiger partial charge in [-0.25, -0.2) is 0 Å². The van der Waals surface area contributed by atoms with Crippen molar-refractivity contribution >= 4 is 43.1 Å². The van der Waals surface area contributed by atoms with E-state index in [0.717, 1.165) is 5.75 Å². The van der Waals surface area contributed by atoms with Crippen LogP contribution in [0.1, 0.15) is 16.7 Å². The van der Waals surface area contributed by atoms with Gasteiger partial charge in [0.1, 0.15) is 5.75 Å². The average molecular weight is 477 g/mol. The number of hydrogen-bond acceptors (Lipinski definition) is 1. The van der Waals surface area contributed by atoms with Gasteiger partial charge in [0.25, 0.3) is 0 Å². The molecule has 0 unspecified atom stereocenters. The third-order valence-electron chi connectivity index (χ3n) is 8.05. The van der Waals surface area contributed by atoms with Gasteiger partial charge in [-0.1, -0.05) is 66.2 Å². The Morgan fingerprint density at radius 3 is 1.30 bits per heavy atom. The molecule has 7 aromatic carbocycles. The molecule has 0 radical (unpaired) electrons. The third-order valence-corrected chi connectivity index (χ3v) is 8.05. The zero-order valence-electron chi connectivity index (χ0n) is 21.6. The lowest BCUT2D eigenvalue weighted by Crippen LogP contribution is -1.92. The number of aryl methyl sites for hydroxylation is 3. The fourth-order valence-corrected chi connectivity index (χ4v) is 5.99. The summed E-state index contributed by atoms with van der Waals surface area (Å²) in [6, 6.07) is 36.0. The molecule has 7 rings (SSSR count). The quantitative estimate of drug-likeness (QED) is 0.182. The molecule has 1 nitrogen and oxygen atoms in total. The van der Waals surface area contributed by atoms with Crippen molar-refractivity contribution in [3.8, 4) is 28.0 Å². The fraction of sp³-hybridized carbons (Fsp3) is 0.111. The summed E-state index contributed by atoms with van der Waals surface area (Å²) in [6.07, 6.45) is 0. The van der Waals surface area contributed by atoms with Crippen LogP contribution in [0, 0.1) is 20.8 Å². The minimum Gasteiger partial charge on any atom is -0.497 e. The van der Waals surface area contributed by atoms with Gasteiger partial charge in [-0.15, -0.1) is 0 Å². The molecule has 0 aliphatic rings. The highest BCUT2D eigenvalue weighted by molar-refractivity contribution is 6.34. The van der Waals surface area contributed by atoms with E-state index in [2.05, 4.69) is 106 Å². The Labute approximate surface area is 217 Å². The molecule has 0 saturated carbocycles. The summed E-state index contributed by atoms with van der Waals surface area (Å²) in [5, 5.41) is 10.7. The fourth-order valence-electron chi connectivity index (χ4n) is 5.99. The van der Waals surface area contributed by atoms with Crippen LogP contribution in [-0.4, -0.2) is 7.11 Å².